The number of carbonyl (C=O) groups excluding carboxylic acids is 1. The first-order chi connectivity index (χ1) is 7.13. The molecule has 0 bridgehead atoms. The molecule has 0 saturated heterocycles. The number of aliphatic imine (C=N–C) groups is 1. The van der Waals surface area contributed by atoms with Crippen LogP contribution in [0.4, 0.5) is 14.5 Å². The Hall–Kier alpha value is -1.74. The SMILES string of the molecule is Cc1ccc(N=C=O)c(OCC(F)F)c1. The molecule has 0 heterocycles. The molecule has 5 heteroatoms. The molecule has 15 heavy (non-hydrogen) atoms. The molecule has 0 radical (unpaired) electrons. The Morgan fingerprint density at radius 2 is 2.27 bits per heavy atom. The van der Waals surface area contributed by atoms with Crippen molar-refractivity contribution >= 4 is 11.8 Å². The highest BCUT2D eigenvalue weighted by Crippen LogP contribution is 2.28. The van der Waals surface area contributed by atoms with Crippen molar-refractivity contribution in [2.75, 3.05) is 6.61 Å². The van der Waals surface area contributed by atoms with E-state index in [9.17, 15) is 13.6 Å². The van der Waals surface area contributed by atoms with Gasteiger partial charge >= 0.3 is 0 Å². The number of hydrogen-bond donors (Lipinski definition) is 0. The summed E-state index contributed by atoms with van der Waals surface area (Å²) in [6, 6.07) is 4.75. The van der Waals surface area contributed by atoms with Crippen LogP contribution in [0.25, 0.3) is 0 Å². The number of rotatable bonds is 4. The van der Waals surface area contributed by atoms with Crippen LogP contribution in [0.1, 0.15) is 5.56 Å². The lowest BCUT2D eigenvalue weighted by molar-refractivity contribution is 0.0822. The quantitative estimate of drug-likeness (QED) is 0.569. The van der Waals surface area contributed by atoms with Crippen molar-refractivity contribution in [3.63, 3.8) is 0 Å². The maximum atomic E-state index is 11.9. The van der Waals surface area contributed by atoms with Crippen molar-refractivity contribution in [1.29, 1.82) is 0 Å². The Balaban J connectivity index is 2.91. The Morgan fingerprint density at radius 3 is 2.87 bits per heavy atom. The zero-order valence-electron chi connectivity index (χ0n) is 8.04. The van der Waals surface area contributed by atoms with E-state index in [4.69, 9.17) is 4.74 Å². The molecule has 0 amide bonds. The normalized spacial score (nSPS) is 9.87. The van der Waals surface area contributed by atoms with Gasteiger partial charge in [-0.25, -0.2) is 13.6 Å². The molecule has 0 spiro atoms. The molecule has 80 valence electrons. The highest BCUT2D eigenvalue weighted by molar-refractivity contribution is 5.58. The molecule has 3 nitrogen and oxygen atoms in total. The fourth-order valence-corrected chi connectivity index (χ4v) is 1.03. The van der Waals surface area contributed by atoms with Crippen molar-refractivity contribution < 1.29 is 18.3 Å². The third-order valence-corrected chi connectivity index (χ3v) is 1.65. The Labute approximate surface area is 85.4 Å². The molecule has 0 fully saturated rings. The summed E-state index contributed by atoms with van der Waals surface area (Å²) in [6.07, 6.45) is -1.22. The Bertz CT molecular complexity index is 387. The summed E-state index contributed by atoms with van der Waals surface area (Å²) >= 11 is 0. The van der Waals surface area contributed by atoms with E-state index < -0.39 is 13.0 Å². The average Bonchev–Trinajstić information content (AvgIpc) is 2.18. The van der Waals surface area contributed by atoms with E-state index in [1.54, 1.807) is 19.1 Å². The second-order valence-corrected chi connectivity index (χ2v) is 2.88. The average molecular weight is 213 g/mol. The van der Waals surface area contributed by atoms with Gasteiger partial charge < -0.3 is 4.74 Å². The highest BCUT2D eigenvalue weighted by atomic mass is 19.3. The number of nitrogens with zero attached hydrogens (tertiary/aromatic N) is 1. The molecule has 0 aliphatic rings. The maximum absolute atomic E-state index is 11.9. The molecule has 0 aliphatic carbocycles. The van der Waals surface area contributed by atoms with Crippen LogP contribution in [0.5, 0.6) is 5.75 Å². The summed E-state index contributed by atoms with van der Waals surface area (Å²) in [4.78, 5) is 13.4. The predicted molar refractivity (Wildman–Crippen MR) is 50.5 cm³/mol. The number of benzene rings is 1. The standard InChI is InChI=1S/C10H9F2NO2/c1-7-2-3-8(13-6-14)9(4-7)15-5-10(11)12/h2-4,10H,5H2,1H3. The second-order valence-electron chi connectivity index (χ2n) is 2.88. The van der Waals surface area contributed by atoms with Gasteiger partial charge in [-0.2, -0.15) is 4.99 Å². The molecule has 0 unspecified atom stereocenters. The lowest BCUT2D eigenvalue weighted by Crippen LogP contribution is -2.07. The zero-order valence-corrected chi connectivity index (χ0v) is 8.04. The van der Waals surface area contributed by atoms with E-state index >= 15 is 0 Å². The maximum Gasteiger partial charge on any atom is 0.272 e. The van der Waals surface area contributed by atoms with Crippen LogP contribution in [-0.2, 0) is 4.79 Å². The Morgan fingerprint density at radius 1 is 1.53 bits per heavy atom. The lowest BCUT2D eigenvalue weighted by atomic mass is 10.2. The highest BCUT2D eigenvalue weighted by Gasteiger charge is 2.07. The van der Waals surface area contributed by atoms with Crippen molar-refractivity contribution in [1.82, 2.24) is 0 Å². The first kappa shape index (κ1) is 11.3. The monoisotopic (exact) mass is 213 g/mol. The van der Waals surface area contributed by atoms with Crippen LogP contribution in [0.2, 0.25) is 0 Å². The minimum absolute atomic E-state index is 0.165. The van der Waals surface area contributed by atoms with Crippen molar-refractivity contribution in [2.45, 2.75) is 13.3 Å². The number of hydrogen-bond acceptors (Lipinski definition) is 3. The molecule has 0 N–H and O–H groups in total. The number of halogens is 2. The van der Waals surface area contributed by atoms with Crippen LogP contribution >= 0.6 is 0 Å². The van der Waals surface area contributed by atoms with Crippen molar-refractivity contribution in [3.05, 3.63) is 23.8 Å². The Kier molecular flexibility index (Phi) is 3.94. The van der Waals surface area contributed by atoms with Gasteiger partial charge in [0.1, 0.15) is 18.0 Å². The minimum Gasteiger partial charge on any atom is -0.485 e. The van der Waals surface area contributed by atoms with E-state index in [0.717, 1.165) is 5.56 Å². The van der Waals surface area contributed by atoms with Gasteiger partial charge in [-0.15, -0.1) is 0 Å². The van der Waals surface area contributed by atoms with Crippen molar-refractivity contribution in [2.24, 2.45) is 4.99 Å². The number of ether oxygens (including phenoxy) is 1. The van der Waals surface area contributed by atoms with E-state index in [1.807, 2.05) is 0 Å². The van der Waals surface area contributed by atoms with Crippen LogP contribution in [-0.4, -0.2) is 19.1 Å². The third kappa shape index (κ3) is 3.48. The topological polar surface area (TPSA) is 38.7 Å². The number of alkyl halides is 2. The summed E-state index contributed by atoms with van der Waals surface area (Å²) < 4.78 is 28.6. The van der Waals surface area contributed by atoms with E-state index in [2.05, 4.69) is 4.99 Å². The molecule has 1 rings (SSSR count). The van der Waals surface area contributed by atoms with Gasteiger partial charge in [-0.1, -0.05) is 6.07 Å². The van der Waals surface area contributed by atoms with Gasteiger partial charge in [-0.3, -0.25) is 0 Å². The third-order valence-electron chi connectivity index (χ3n) is 1.65. The van der Waals surface area contributed by atoms with Crippen LogP contribution in [0, 0.1) is 6.92 Å². The van der Waals surface area contributed by atoms with Crippen LogP contribution in [0.15, 0.2) is 23.2 Å². The summed E-state index contributed by atoms with van der Waals surface area (Å²) in [5, 5.41) is 0. The molecular weight excluding hydrogens is 204 g/mol. The van der Waals surface area contributed by atoms with Gasteiger partial charge in [0.25, 0.3) is 6.43 Å². The zero-order chi connectivity index (χ0) is 11.3. The summed E-state index contributed by atoms with van der Waals surface area (Å²) in [7, 11) is 0. The second kappa shape index (κ2) is 5.22. The van der Waals surface area contributed by atoms with E-state index in [0.29, 0.717) is 0 Å². The molecule has 0 aromatic heterocycles. The summed E-state index contributed by atoms with van der Waals surface area (Å²) in [5.74, 6) is 0.165. The van der Waals surface area contributed by atoms with E-state index in [1.165, 1.54) is 12.1 Å². The molecule has 0 aliphatic heterocycles. The largest absolute Gasteiger partial charge is 0.485 e. The van der Waals surface area contributed by atoms with Gasteiger partial charge in [0.15, 0.2) is 0 Å². The fraction of sp³-hybridized carbons (Fsp3) is 0.300. The molecule has 0 saturated carbocycles. The first-order valence-corrected chi connectivity index (χ1v) is 4.23. The minimum atomic E-state index is -2.56. The predicted octanol–water partition coefficient (Wildman–Crippen LogP) is 2.61. The van der Waals surface area contributed by atoms with E-state index in [-0.39, 0.29) is 11.4 Å². The van der Waals surface area contributed by atoms with Crippen LogP contribution < -0.4 is 4.74 Å². The van der Waals surface area contributed by atoms with Gasteiger partial charge in [-0.05, 0) is 24.6 Å². The fourth-order valence-electron chi connectivity index (χ4n) is 1.03. The molecule has 1 aromatic rings. The summed E-state index contributed by atoms with van der Waals surface area (Å²) in [6.45, 7) is 1.06. The lowest BCUT2D eigenvalue weighted by Gasteiger charge is -2.07. The smallest absolute Gasteiger partial charge is 0.272 e. The number of aryl methyl sites for hydroxylation is 1. The molecule has 0 atom stereocenters. The number of isocyanates is 1. The van der Waals surface area contributed by atoms with Gasteiger partial charge in [0.2, 0.25) is 6.08 Å². The van der Waals surface area contributed by atoms with Crippen LogP contribution in [0.3, 0.4) is 0 Å². The first-order valence-electron chi connectivity index (χ1n) is 4.23. The molecule has 1 aromatic carbocycles. The molecular formula is C10H9F2NO2. The summed E-state index contributed by atoms with van der Waals surface area (Å²) in [5.41, 5.74) is 1.04. The van der Waals surface area contributed by atoms with Crippen molar-refractivity contribution in [3.8, 4) is 5.75 Å². The van der Waals surface area contributed by atoms with Gasteiger partial charge in [0, 0.05) is 0 Å². The van der Waals surface area contributed by atoms with Gasteiger partial charge in [0.05, 0.1) is 0 Å².